The maximum atomic E-state index is 11.7. The minimum atomic E-state index is -0.406. The average Bonchev–Trinajstić information content (AvgIpc) is 2.63. The SMILES string of the molecule is COc1ccc(OCC(=O)N/N=C/c2cc(Br)c(O)c(OC)c2)cc1. The number of carbonyl (C=O) groups is 1. The number of nitrogens with one attached hydrogen (secondary N) is 1. The maximum Gasteiger partial charge on any atom is 0.277 e. The second-order valence-corrected chi connectivity index (χ2v) is 5.67. The molecule has 0 aliphatic carbocycles. The van der Waals surface area contributed by atoms with E-state index in [1.807, 2.05) is 0 Å². The van der Waals surface area contributed by atoms with E-state index in [2.05, 4.69) is 26.5 Å². The van der Waals surface area contributed by atoms with Crippen LogP contribution in [-0.4, -0.2) is 38.1 Å². The van der Waals surface area contributed by atoms with Crippen LogP contribution in [0.15, 0.2) is 46.0 Å². The summed E-state index contributed by atoms with van der Waals surface area (Å²) >= 11 is 3.21. The summed E-state index contributed by atoms with van der Waals surface area (Å²) in [7, 11) is 3.02. The summed E-state index contributed by atoms with van der Waals surface area (Å²) in [5.74, 6) is 1.14. The van der Waals surface area contributed by atoms with E-state index in [1.165, 1.54) is 13.3 Å². The smallest absolute Gasteiger partial charge is 0.277 e. The summed E-state index contributed by atoms with van der Waals surface area (Å²) in [6.45, 7) is -0.174. The number of benzene rings is 2. The predicted octanol–water partition coefficient (Wildman–Crippen LogP) is 2.70. The van der Waals surface area contributed by atoms with Crippen molar-refractivity contribution in [2.75, 3.05) is 20.8 Å². The molecular formula is C17H17BrN2O5. The summed E-state index contributed by atoms with van der Waals surface area (Å²) in [6.07, 6.45) is 1.43. The van der Waals surface area contributed by atoms with E-state index >= 15 is 0 Å². The first kappa shape index (κ1) is 18.6. The third-order valence-electron chi connectivity index (χ3n) is 3.10. The lowest BCUT2D eigenvalue weighted by atomic mass is 10.2. The zero-order chi connectivity index (χ0) is 18.2. The quantitative estimate of drug-likeness (QED) is 0.542. The van der Waals surface area contributed by atoms with Crippen LogP contribution in [0.5, 0.6) is 23.0 Å². The fourth-order valence-electron chi connectivity index (χ4n) is 1.86. The Hall–Kier alpha value is -2.74. The van der Waals surface area contributed by atoms with Gasteiger partial charge in [-0.15, -0.1) is 0 Å². The summed E-state index contributed by atoms with van der Waals surface area (Å²) in [5, 5.41) is 13.6. The highest BCUT2D eigenvalue weighted by Gasteiger charge is 2.07. The van der Waals surface area contributed by atoms with Gasteiger partial charge in [-0.2, -0.15) is 5.10 Å². The first-order chi connectivity index (χ1) is 12.0. The molecule has 25 heavy (non-hydrogen) atoms. The van der Waals surface area contributed by atoms with Gasteiger partial charge in [-0.3, -0.25) is 4.79 Å². The van der Waals surface area contributed by atoms with Gasteiger partial charge in [-0.05, 0) is 57.9 Å². The van der Waals surface area contributed by atoms with Gasteiger partial charge in [0.25, 0.3) is 5.91 Å². The Labute approximate surface area is 153 Å². The number of hydrogen-bond acceptors (Lipinski definition) is 6. The number of ether oxygens (including phenoxy) is 3. The molecule has 8 heteroatoms. The van der Waals surface area contributed by atoms with Crippen LogP contribution in [0, 0.1) is 0 Å². The van der Waals surface area contributed by atoms with Crippen molar-refractivity contribution in [1.82, 2.24) is 5.43 Å². The molecule has 132 valence electrons. The van der Waals surface area contributed by atoms with Crippen molar-refractivity contribution in [2.45, 2.75) is 0 Å². The zero-order valence-corrected chi connectivity index (χ0v) is 15.2. The summed E-state index contributed by atoms with van der Waals surface area (Å²) in [6, 6.07) is 10.1. The molecule has 0 bridgehead atoms. The van der Waals surface area contributed by atoms with Gasteiger partial charge >= 0.3 is 0 Å². The van der Waals surface area contributed by atoms with Crippen LogP contribution in [0.25, 0.3) is 0 Å². The maximum absolute atomic E-state index is 11.7. The van der Waals surface area contributed by atoms with Crippen molar-refractivity contribution >= 4 is 28.1 Å². The number of hydrazone groups is 1. The van der Waals surface area contributed by atoms with Crippen molar-refractivity contribution in [3.63, 3.8) is 0 Å². The molecule has 0 aliphatic heterocycles. The van der Waals surface area contributed by atoms with Gasteiger partial charge in [0.15, 0.2) is 18.1 Å². The molecule has 2 rings (SSSR count). The molecule has 2 N–H and O–H groups in total. The number of methoxy groups -OCH3 is 2. The number of rotatable bonds is 7. The van der Waals surface area contributed by atoms with Crippen LogP contribution >= 0.6 is 15.9 Å². The normalized spacial score (nSPS) is 10.5. The van der Waals surface area contributed by atoms with Crippen LogP contribution in [0.2, 0.25) is 0 Å². The van der Waals surface area contributed by atoms with Crippen LogP contribution in [0.3, 0.4) is 0 Å². The first-order valence-electron chi connectivity index (χ1n) is 7.18. The van der Waals surface area contributed by atoms with Gasteiger partial charge in [0.1, 0.15) is 11.5 Å². The molecule has 0 heterocycles. The monoisotopic (exact) mass is 408 g/mol. The Morgan fingerprint density at radius 2 is 1.88 bits per heavy atom. The highest BCUT2D eigenvalue weighted by atomic mass is 79.9. The molecule has 1 amide bonds. The number of nitrogens with zero attached hydrogens (tertiary/aromatic N) is 1. The van der Waals surface area contributed by atoms with Crippen molar-refractivity contribution in [3.8, 4) is 23.0 Å². The molecule has 7 nitrogen and oxygen atoms in total. The highest BCUT2D eigenvalue weighted by Crippen LogP contribution is 2.34. The number of halogens is 1. The molecule has 0 atom stereocenters. The molecule has 0 unspecified atom stereocenters. The number of carbonyl (C=O) groups excluding carboxylic acids is 1. The van der Waals surface area contributed by atoms with Gasteiger partial charge in [0.2, 0.25) is 0 Å². The largest absolute Gasteiger partial charge is 0.503 e. The molecule has 2 aromatic rings. The standard InChI is InChI=1S/C17H17BrN2O5/c1-23-12-3-5-13(6-4-12)25-10-16(21)20-19-9-11-7-14(18)17(22)15(8-11)24-2/h3-9,22H,10H2,1-2H3,(H,20,21)/b19-9+. The van der Waals surface area contributed by atoms with Gasteiger partial charge in [0, 0.05) is 0 Å². The minimum absolute atomic E-state index is 0.00317. The molecule has 0 saturated heterocycles. The molecule has 0 aliphatic rings. The lowest BCUT2D eigenvalue weighted by Gasteiger charge is -2.07. The van der Waals surface area contributed by atoms with Gasteiger partial charge in [0.05, 0.1) is 24.9 Å². The van der Waals surface area contributed by atoms with Gasteiger partial charge in [-0.1, -0.05) is 0 Å². The van der Waals surface area contributed by atoms with E-state index in [9.17, 15) is 9.90 Å². The Bertz CT molecular complexity index is 762. The predicted molar refractivity (Wildman–Crippen MR) is 96.6 cm³/mol. The number of aromatic hydroxyl groups is 1. The molecule has 0 spiro atoms. The summed E-state index contributed by atoms with van der Waals surface area (Å²) in [5.41, 5.74) is 2.99. The summed E-state index contributed by atoms with van der Waals surface area (Å²) in [4.78, 5) is 11.7. The highest BCUT2D eigenvalue weighted by molar-refractivity contribution is 9.10. The number of phenols is 1. The third-order valence-corrected chi connectivity index (χ3v) is 3.71. The van der Waals surface area contributed by atoms with Crippen molar-refractivity contribution in [2.24, 2.45) is 5.10 Å². The number of hydrogen-bond donors (Lipinski definition) is 2. The molecule has 2 aromatic carbocycles. The third kappa shape index (κ3) is 5.39. The van der Waals surface area contributed by atoms with E-state index < -0.39 is 5.91 Å². The first-order valence-corrected chi connectivity index (χ1v) is 7.98. The minimum Gasteiger partial charge on any atom is -0.503 e. The number of amides is 1. The average molecular weight is 409 g/mol. The fourth-order valence-corrected chi connectivity index (χ4v) is 2.32. The van der Waals surface area contributed by atoms with Crippen molar-refractivity contribution in [3.05, 3.63) is 46.4 Å². The Kier molecular flexibility index (Phi) is 6.64. The molecule has 0 fully saturated rings. The second-order valence-electron chi connectivity index (χ2n) is 4.81. The van der Waals surface area contributed by atoms with E-state index in [4.69, 9.17) is 14.2 Å². The van der Waals surface area contributed by atoms with Crippen molar-refractivity contribution in [1.29, 1.82) is 0 Å². The lowest BCUT2D eigenvalue weighted by molar-refractivity contribution is -0.123. The van der Waals surface area contributed by atoms with Gasteiger partial charge in [-0.25, -0.2) is 5.43 Å². The molecule has 0 aromatic heterocycles. The number of phenolic OH excluding ortho intramolecular Hbond substituents is 1. The van der Waals surface area contributed by atoms with E-state index in [1.54, 1.807) is 43.5 Å². The van der Waals surface area contributed by atoms with E-state index in [0.29, 0.717) is 27.3 Å². The zero-order valence-electron chi connectivity index (χ0n) is 13.7. The topological polar surface area (TPSA) is 89.4 Å². The van der Waals surface area contributed by atoms with Gasteiger partial charge < -0.3 is 19.3 Å². The second kappa shape index (κ2) is 8.93. The Morgan fingerprint density at radius 1 is 1.20 bits per heavy atom. The molecule has 0 saturated carbocycles. The van der Waals surface area contributed by atoms with Crippen molar-refractivity contribution < 1.29 is 24.1 Å². The molecular weight excluding hydrogens is 392 g/mol. The van der Waals surface area contributed by atoms with E-state index in [0.717, 1.165) is 0 Å². The van der Waals surface area contributed by atoms with Crippen LogP contribution in [0.4, 0.5) is 0 Å². The molecule has 0 radical (unpaired) electrons. The Balaban J connectivity index is 1.86. The lowest BCUT2D eigenvalue weighted by Crippen LogP contribution is -2.24. The van der Waals surface area contributed by atoms with Crippen LogP contribution < -0.4 is 19.6 Å². The Morgan fingerprint density at radius 3 is 2.52 bits per heavy atom. The van der Waals surface area contributed by atoms with Crippen LogP contribution in [-0.2, 0) is 4.79 Å². The summed E-state index contributed by atoms with van der Waals surface area (Å²) < 4.78 is 15.9. The fraction of sp³-hybridized carbons (Fsp3) is 0.176. The van der Waals surface area contributed by atoms with E-state index in [-0.39, 0.29) is 12.4 Å². The van der Waals surface area contributed by atoms with Crippen LogP contribution in [0.1, 0.15) is 5.56 Å².